The molecule has 3 unspecified atom stereocenters. The van der Waals surface area contributed by atoms with Crippen molar-refractivity contribution < 1.29 is 0 Å². The summed E-state index contributed by atoms with van der Waals surface area (Å²) in [6.45, 7) is 0. The fourth-order valence-corrected chi connectivity index (χ4v) is 2.95. The van der Waals surface area contributed by atoms with E-state index in [2.05, 4.69) is 24.3 Å². The topological polar surface area (TPSA) is 14.1 Å². The van der Waals surface area contributed by atoms with Crippen molar-refractivity contribution in [2.45, 2.75) is 31.7 Å². The molecule has 0 aromatic rings. The molecule has 1 saturated carbocycles. The normalized spacial score (nSPS) is 41.2. The van der Waals surface area contributed by atoms with Crippen molar-refractivity contribution in [1.82, 2.24) is 4.99 Å². The maximum atomic E-state index is 4.81. The van der Waals surface area contributed by atoms with E-state index in [4.69, 9.17) is 4.99 Å². The van der Waals surface area contributed by atoms with Crippen molar-refractivity contribution in [3.05, 3.63) is 24.3 Å². The SMILES string of the molecule is C1=CC2=[N+]C3CCCCC3C2C=C1. The van der Waals surface area contributed by atoms with Gasteiger partial charge in [-0.25, -0.2) is 0 Å². The quantitative estimate of drug-likeness (QED) is 0.532. The molecule has 0 bridgehead atoms. The molecular weight excluding hydrogens is 158 g/mol. The minimum absolute atomic E-state index is 0.654. The van der Waals surface area contributed by atoms with Crippen LogP contribution in [0.3, 0.4) is 0 Å². The third-order valence-electron chi connectivity index (χ3n) is 3.60. The van der Waals surface area contributed by atoms with Crippen molar-refractivity contribution >= 4 is 5.71 Å². The molecule has 0 aromatic carbocycles. The molecule has 3 aliphatic rings. The van der Waals surface area contributed by atoms with Crippen LogP contribution < -0.4 is 4.99 Å². The van der Waals surface area contributed by atoms with Gasteiger partial charge in [0.15, 0.2) is 0 Å². The first-order valence-corrected chi connectivity index (χ1v) is 5.38. The van der Waals surface area contributed by atoms with E-state index in [-0.39, 0.29) is 0 Å². The first kappa shape index (κ1) is 7.54. The zero-order valence-corrected chi connectivity index (χ0v) is 7.82. The van der Waals surface area contributed by atoms with E-state index in [0.29, 0.717) is 12.0 Å². The van der Waals surface area contributed by atoms with E-state index in [1.54, 1.807) is 0 Å². The summed E-state index contributed by atoms with van der Waals surface area (Å²) in [5, 5.41) is 0. The smallest absolute Gasteiger partial charge is 0.0702 e. The lowest BCUT2D eigenvalue weighted by molar-refractivity contribution is 0.294. The first-order valence-electron chi connectivity index (χ1n) is 5.38. The molecule has 13 heavy (non-hydrogen) atoms. The molecule has 3 atom stereocenters. The molecule has 0 aromatic heterocycles. The summed E-state index contributed by atoms with van der Waals surface area (Å²) >= 11 is 0. The van der Waals surface area contributed by atoms with Crippen molar-refractivity contribution in [1.29, 1.82) is 0 Å². The van der Waals surface area contributed by atoms with Crippen LogP contribution in [0.2, 0.25) is 0 Å². The van der Waals surface area contributed by atoms with Gasteiger partial charge in [-0.3, -0.25) is 0 Å². The maximum Gasteiger partial charge on any atom is 0.254 e. The van der Waals surface area contributed by atoms with Crippen molar-refractivity contribution in [3.8, 4) is 0 Å². The predicted octanol–water partition coefficient (Wildman–Crippen LogP) is 2.08. The summed E-state index contributed by atoms with van der Waals surface area (Å²) in [4.78, 5) is 4.81. The average molecular weight is 173 g/mol. The highest BCUT2D eigenvalue weighted by molar-refractivity contribution is 6.00. The minimum atomic E-state index is 0.654. The lowest BCUT2D eigenvalue weighted by atomic mass is 9.77. The largest absolute Gasteiger partial charge is 0.254 e. The minimum Gasteiger partial charge on any atom is -0.0702 e. The molecule has 3 rings (SSSR count). The van der Waals surface area contributed by atoms with E-state index in [1.165, 1.54) is 31.4 Å². The zero-order chi connectivity index (χ0) is 8.67. The van der Waals surface area contributed by atoms with Gasteiger partial charge in [-0.15, -0.1) is 0 Å². The van der Waals surface area contributed by atoms with Gasteiger partial charge in [-0.05, 0) is 12.8 Å². The highest BCUT2D eigenvalue weighted by Gasteiger charge is 2.47. The molecule has 1 aliphatic heterocycles. The third-order valence-corrected chi connectivity index (χ3v) is 3.60. The number of fused-ring (bicyclic) bond motifs is 3. The number of nitrogens with zero attached hydrogens (tertiary/aromatic N) is 1. The Bertz CT molecular complexity index is 298. The van der Waals surface area contributed by atoms with Crippen LogP contribution in [0.15, 0.2) is 24.3 Å². The fraction of sp³-hybridized carbons (Fsp3) is 0.583. The Hall–Kier alpha value is -0.850. The molecule has 1 fully saturated rings. The highest BCUT2D eigenvalue weighted by Crippen LogP contribution is 2.36. The van der Waals surface area contributed by atoms with Crippen LogP contribution in [0.5, 0.6) is 0 Å². The fourth-order valence-electron chi connectivity index (χ4n) is 2.95. The van der Waals surface area contributed by atoms with E-state index in [1.807, 2.05) is 0 Å². The summed E-state index contributed by atoms with van der Waals surface area (Å²) in [6, 6.07) is 0.654. The van der Waals surface area contributed by atoms with Crippen molar-refractivity contribution in [2.75, 3.05) is 0 Å². The van der Waals surface area contributed by atoms with Gasteiger partial charge < -0.3 is 0 Å². The Balaban J connectivity index is 1.93. The molecule has 0 N–H and O–H groups in total. The standard InChI is InChI=1S/C12H15N/c1-3-7-11-9(5-1)10-6-2-4-8-12(10)13-11/h1,3,5,7,9-10,12H,2,4,6,8H2/q+1. The van der Waals surface area contributed by atoms with Gasteiger partial charge in [0, 0.05) is 23.4 Å². The van der Waals surface area contributed by atoms with Gasteiger partial charge in [0.1, 0.15) is 0 Å². The van der Waals surface area contributed by atoms with E-state index in [0.717, 1.165) is 5.92 Å². The molecule has 2 aliphatic carbocycles. The van der Waals surface area contributed by atoms with Gasteiger partial charge in [0.25, 0.3) is 5.71 Å². The van der Waals surface area contributed by atoms with Gasteiger partial charge in [0.05, 0.1) is 5.92 Å². The van der Waals surface area contributed by atoms with E-state index in [9.17, 15) is 0 Å². The molecule has 1 heteroatoms. The van der Waals surface area contributed by atoms with Gasteiger partial charge >= 0.3 is 0 Å². The zero-order valence-electron chi connectivity index (χ0n) is 7.82. The summed E-state index contributed by atoms with van der Waals surface area (Å²) in [5.41, 5.74) is 1.35. The van der Waals surface area contributed by atoms with Crippen molar-refractivity contribution in [3.63, 3.8) is 0 Å². The molecule has 0 saturated heterocycles. The molecule has 1 radical (unpaired) electrons. The Labute approximate surface area is 79.3 Å². The molecule has 0 spiro atoms. The van der Waals surface area contributed by atoms with Gasteiger partial charge in [-0.2, -0.15) is 0 Å². The second-order valence-electron chi connectivity index (χ2n) is 4.34. The molecule has 0 amide bonds. The summed E-state index contributed by atoms with van der Waals surface area (Å²) in [6.07, 6.45) is 14.4. The second-order valence-corrected chi connectivity index (χ2v) is 4.34. The molecule has 1 nitrogen and oxygen atoms in total. The second kappa shape index (κ2) is 2.83. The van der Waals surface area contributed by atoms with Crippen LogP contribution in [0.1, 0.15) is 25.7 Å². The maximum absolute atomic E-state index is 4.81. The van der Waals surface area contributed by atoms with E-state index >= 15 is 0 Å². The molecular formula is C12H15N+. The van der Waals surface area contributed by atoms with Crippen LogP contribution in [-0.2, 0) is 0 Å². The third kappa shape index (κ3) is 1.10. The summed E-state index contributed by atoms with van der Waals surface area (Å²) < 4.78 is 0. The Morgan fingerprint density at radius 3 is 3.08 bits per heavy atom. The van der Waals surface area contributed by atoms with Crippen LogP contribution in [0.25, 0.3) is 0 Å². The molecule has 1 heterocycles. The molecule has 67 valence electrons. The highest BCUT2D eigenvalue weighted by atomic mass is 14.9. The van der Waals surface area contributed by atoms with Gasteiger partial charge in [-0.1, -0.05) is 24.6 Å². The lowest BCUT2D eigenvalue weighted by Crippen LogP contribution is -2.27. The van der Waals surface area contributed by atoms with Crippen LogP contribution in [0, 0.1) is 11.8 Å². The predicted molar refractivity (Wildman–Crippen MR) is 54.7 cm³/mol. The Kier molecular flexibility index (Phi) is 1.64. The van der Waals surface area contributed by atoms with Crippen LogP contribution in [-0.4, -0.2) is 11.8 Å². The number of allylic oxidation sites excluding steroid dienone is 4. The number of hydrogen-bond donors (Lipinski definition) is 0. The number of aliphatic imine (C=N–C) groups is 1. The van der Waals surface area contributed by atoms with E-state index < -0.39 is 0 Å². The van der Waals surface area contributed by atoms with Crippen molar-refractivity contribution in [2.24, 2.45) is 11.8 Å². The van der Waals surface area contributed by atoms with Crippen LogP contribution >= 0.6 is 0 Å². The lowest BCUT2D eigenvalue weighted by Gasteiger charge is -2.21. The monoisotopic (exact) mass is 173 g/mol. The Morgan fingerprint density at radius 2 is 2.08 bits per heavy atom. The number of rotatable bonds is 0. The number of hydrogen-bond acceptors (Lipinski definition) is 1. The van der Waals surface area contributed by atoms with Gasteiger partial charge in [0.2, 0.25) is 6.04 Å². The van der Waals surface area contributed by atoms with Crippen LogP contribution in [0.4, 0.5) is 0 Å². The Morgan fingerprint density at radius 1 is 1.15 bits per heavy atom. The summed E-state index contributed by atoms with van der Waals surface area (Å²) in [5.74, 6) is 1.50. The average Bonchev–Trinajstić information content (AvgIpc) is 2.56. The summed E-state index contributed by atoms with van der Waals surface area (Å²) in [7, 11) is 0. The first-order chi connectivity index (χ1) is 6.45.